The number of amides is 1. The molecule has 0 saturated carbocycles. The Kier molecular flexibility index (Phi) is 3.33. The summed E-state index contributed by atoms with van der Waals surface area (Å²) in [5.74, 6) is -0.268. The third-order valence-corrected chi connectivity index (χ3v) is 2.30. The van der Waals surface area contributed by atoms with Crippen LogP contribution >= 0.6 is 0 Å². The van der Waals surface area contributed by atoms with Crippen molar-refractivity contribution >= 4 is 23.1 Å². The molecule has 0 radical (unpaired) electrons. The summed E-state index contributed by atoms with van der Waals surface area (Å²) in [6, 6.07) is 6.98. The van der Waals surface area contributed by atoms with Crippen LogP contribution in [-0.4, -0.2) is 21.0 Å². The predicted molar refractivity (Wildman–Crippen MR) is 67.5 cm³/mol. The minimum Gasteiger partial charge on any atom is -0.393 e. The maximum atomic E-state index is 11.9. The summed E-state index contributed by atoms with van der Waals surface area (Å²) in [5, 5.41) is 20.5. The quantitative estimate of drug-likeness (QED) is 0.485. The molecule has 8 nitrogen and oxygen atoms in total. The molecule has 1 heterocycles. The second-order valence-corrected chi connectivity index (χ2v) is 3.59. The molecule has 0 spiro atoms. The zero-order chi connectivity index (χ0) is 13.8. The normalized spacial score (nSPS) is 9.89. The SMILES string of the molecule is Nc1ccc(C(=O)Nc2cccnn2)cc1[N+](=O)[O-]. The number of nitro groups is 1. The Labute approximate surface area is 107 Å². The molecule has 0 aliphatic rings. The summed E-state index contributed by atoms with van der Waals surface area (Å²) >= 11 is 0. The number of nitrogen functional groups attached to an aromatic ring is 1. The number of anilines is 2. The van der Waals surface area contributed by atoms with E-state index >= 15 is 0 Å². The van der Waals surface area contributed by atoms with Crippen LogP contribution in [-0.2, 0) is 0 Å². The number of benzene rings is 1. The number of carbonyl (C=O) groups excluding carboxylic acids is 1. The Bertz CT molecular complexity index is 629. The molecule has 1 amide bonds. The fourth-order valence-corrected chi connectivity index (χ4v) is 1.40. The minimum absolute atomic E-state index is 0.000975. The number of hydrogen-bond acceptors (Lipinski definition) is 6. The summed E-state index contributed by atoms with van der Waals surface area (Å²) in [7, 11) is 0. The molecule has 8 heteroatoms. The van der Waals surface area contributed by atoms with Crippen molar-refractivity contribution in [3.63, 3.8) is 0 Å². The van der Waals surface area contributed by atoms with Crippen molar-refractivity contribution in [3.8, 4) is 0 Å². The van der Waals surface area contributed by atoms with Crippen LogP contribution < -0.4 is 11.1 Å². The van der Waals surface area contributed by atoms with Gasteiger partial charge in [-0.3, -0.25) is 14.9 Å². The molecule has 0 fully saturated rings. The van der Waals surface area contributed by atoms with E-state index in [9.17, 15) is 14.9 Å². The molecule has 3 N–H and O–H groups in total. The van der Waals surface area contributed by atoms with Gasteiger partial charge in [-0.05, 0) is 24.3 Å². The number of carbonyl (C=O) groups is 1. The third-order valence-electron chi connectivity index (χ3n) is 2.30. The summed E-state index contributed by atoms with van der Waals surface area (Å²) in [4.78, 5) is 21.9. The molecule has 96 valence electrons. The highest BCUT2D eigenvalue weighted by Crippen LogP contribution is 2.22. The standard InChI is InChI=1S/C11H9N5O3/c12-8-4-3-7(6-9(8)16(18)19)11(17)14-10-2-1-5-13-15-10/h1-6H,12H2,(H,14,15,17). The molecule has 19 heavy (non-hydrogen) atoms. The van der Waals surface area contributed by atoms with Crippen molar-refractivity contribution in [2.75, 3.05) is 11.1 Å². The van der Waals surface area contributed by atoms with Crippen LogP contribution in [0.2, 0.25) is 0 Å². The fraction of sp³-hybridized carbons (Fsp3) is 0. The van der Waals surface area contributed by atoms with Crippen LogP contribution in [0.25, 0.3) is 0 Å². The average Bonchev–Trinajstić information content (AvgIpc) is 2.40. The maximum absolute atomic E-state index is 11.9. The Balaban J connectivity index is 2.25. The van der Waals surface area contributed by atoms with E-state index < -0.39 is 10.8 Å². The van der Waals surface area contributed by atoms with E-state index in [2.05, 4.69) is 15.5 Å². The molecular weight excluding hydrogens is 250 g/mol. The molecule has 1 aromatic heterocycles. The van der Waals surface area contributed by atoms with Crippen molar-refractivity contribution < 1.29 is 9.72 Å². The summed E-state index contributed by atoms with van der Waals surface area (Å²) < 4.78 is 0. The van der Waals surface area contributed by atoms with E-state index in [-0.39, 0.29) is 22.8 Å². The van der Waals surface area contributed by atoms with E-state index in [1.54, 1.807) is 12.1 Å². The lowest BCUT2D eigenvalue weighted by atomic mass is 10.1. The molecule has 0 atom stereocenters. The molecule has 0 saturated heterocycles. The highest BCUT2D eigenvalue weighted by molar-refractivity contribution is 6.04. The van der Waals surface area contributed by atoms with E-state index in [0.29, 0.717) is 0 Å². The first kappa shape index (κ1) is 12.4. The monoisotopic (exact) mass is 259 g/mol. The first-order chi connectivity index (χ1) is 9.08. The zero-order valence-electron chi connectivity index (χ0n) is 9.61. The van der Waals surface area contributed by atoms with Crippen LogP contribution in [0.5, 0.6) is 0 Å². The Morgan fingerprint density at radius 2 is 2.16 bits per heavy atom. The molecule has 1 aromatic carbocycles. The number of rotatable bonds is 3. The van der Waals surface area contributed by atoms with Gasteiger partial charge in [0.15, 0.2) is 5.82 Å². The smallest absolute Gasteiger partial charge is 0.292 e. The van der Waals surface area contributed by atoms with Gasteiger partial charge < -0.3 is 11.1 Å². The molecule has 2 rings (SSSR count). The molecule has 0 aliphatic carbocycles. The van der Waals surface area contributed by atoms with Crippen molar-refractivity contribution in [3.05, 3.63) is 52.2 Å². The van der Waals surface area contributed by atoms with E-state index in [1.807, 2.05) is 0 Å². The summed E-state index contributed by atoms with van der Waals surface area (Å²) in [6.07, 6.45) is 1.46. The second-order valence-electron chi connectivity index (χ2n) is 3.59. The number of nitrogens with zero attached hydrogens (tertiary/aromatic N) is 3. The number of nitrogens with two attached hydrogens (primary N) is 1. The Morgan fingerprint density at radius 3 is 2.79 bits per heavy atom. The molecule has 0 bridgehead atoms. The topological polar surface area (TPSA) is 124 Å². The van der Waals surface area contributed by atoms with Gasteiger partial charge in [-0.25, -0.2) is 0 Å². The second kappa shape index (κ2) is 5.08. The number of hydrogen-bond donors (Lipinski definition) is 2. The Hall–Kier alpha value is -3.03. The van der Waals surface area contributed by atoms with Gasteiger partial charge in [-0.15, -0.1) is 5.10 Å². The maximum Gasteiger partial charge on any atom is 0.292 e. The lowest BCUT2D eigenvalue weighted by molar-refractivity contribution is -0.383. The van der Waals surface area contributed by atoms with Gasteiger partial charge in [0.25, 0.3) is 11.6 Å². The van der Waals surface area contributed by atoms with Crippen molar-refractivity contribution in [2.24, 2.45) is 0 Å². The first-order valence-electron chi connectivity index (χ1n) is 5.21. The van der Waals surface area contributed by atoms with Crippen LogP contribution in [0.3, 0.4) is 0 Å². The summed E-state index contributed by atoms with van der Waals surface area (Å²) in [5.41, 5.74) is 5.25. The van der Waals surface area contributed by atoms with Crippen molar-refractivity contribution in [1.82, 2.24) is 10.2 Å². The van der Waals surface area contributed by atoms with Gasteiger partial charge in [-0.1, -0.05) is 0 Å². The number of nitro benzene ring substituents is 1. The highest BCUT2D eigenvalue weighted by Gasteiger charge is 2.15. The van der Waals surface area contributed by atoms with Crippen molar-refractivity contribution in [2.45, 2.75) is 0 Å². The van der Waals surface area contributed by atoms with E-state index in [0.717, 1.165) is 6.07 Å². The summed E-state index contributed by atoms with van der Waals surface area (Å²) in [6.45, 7) is 0. The van der Waals surface area contributed by atoms with Gasteiger partial charge in [0.05, 0.1) is 4.92 Å². The van der Waals surface area contributed by atoms with Crippen LogP contribution in [0.4, 0.5) is 17.2 Å². The van der Waals surface area contributed by atoms with Crippen LogP contribution in [0.1, 0.15) is 10.4 Å². The first-order valence-corrected chi connectivity index (χ1v) is 5.21. The lowest BCUT2D eigenvalue weighted by Crippen LogP contribution is -2.13. The highest BCUT2D eigenvalue weighted by atomic mass is 16.6. The van der Waals surface area contributed by atoms with Crippen LogP contribution in [0, 0.1) is 10.1 Å². The largest absolute Gasteiger partial charge is 0.393 e. The third kappa shape index (κ3) is 2.80. The van der Waals surface area contributed by atoms with Crippen molar-refractivity contribution in [1.29, 1.82) is 0 Å². The van der Waals surface area contributed by atoms with E-state index in [1.165, 1.54) is 18.3 Å². The Morgan fingerprint density at radius 1 is 1.37 bits per heavy atom. The molecule has 0 unspecified atom stereocenters. The predicted octanol–water partition coefficient (Wildman–Crippen LogP) is 1.22. The van der Waals surface area contributed by atoms with Gasteiger partial charge in [0, 0.05) is 17.8 Å². The number of aromatic nitrogens is 2. The van der Waals surface area contributed by atoms with Gasteiger partial charge >= 0.3 is 0 Å². The number of nitrogens with one attached hydrogen (secondary N) is 1. The zero-order valence-corrected chi connectivity index (χ0v) is 9.61. The van der Waals surface area contributed by atoms with Crippen LogP contribution in [0.15, 0.2) is 36.5 Å². The molecular formula is C11H9N5O3. The molecule has 0 aliphatic heterocycles. The van der Waals surface area contributed by atoms with Gasteiger partial charge in [0.2, 0.25) is 0 Å². The minimum atomic E-state index is -0.644. The lowest BCUT2D eigenvalue weighted by Gasteiger charge is -2.04. The molecule has 2 aromatic rings. The van der Waals surface area contributed by atoms with Gasteiger partial charge in [0.1, 0.15) is 5.69 Å². The van der Waals surface area contributed by atoms with E-state index in [4.69, 9.17) is 5.73 Å². The fourth-order valence-electron chi connectivity index (χ4n) is 1.40. The van der Waals surface area contributed by atoms with Gasteiger partial charge in [-0.2, -0.15) is 5.10 Å². The average molecular weight is 259 g/mol.